The molecule has 2 aromatic heterocycles. The van der Waals surface area contributed by atoms with Gasteiger partial charge in [0.2, 0.25) is 17.7 Å². The van der Waals surface area contributed by atoms with Crippen LogP contribution in [-0.2, 0) is 6.54 Å². The Kier molecular flexibility index (Phi) is 3.52. The number of methoxy groups -OCH3 is 1. The second-order valence-corrected chi connectivity index (χ2v) is 3.99. The van der Waals surface area contributed by atoms with Gasteiger partial charge in [0.15, 0.2) is 5.82 Å². The summed E-state index contributed by atoms with van der Waals surface area (Å²) in [5.41, 5.74) is 0. The molecular formula is C9H10BrN5O2. The lowest BCUT2D eigenvalue weighted by atomic mass is 10.6. The molecule has 0 atom stereocenters. The highest BCUT2D eigenvalue weighted by molar-refractivity contribution is 9.10. The average Bonchev–Trinajstić information content (AvgIpc) is 2.74. The number of nitrogens with zero attached hydrogens (tertiary/aromatic N) is 4. The van der Waals surface area contributed by atoms with Crippen molar-refractivity contribution in [3.63, 3.8) is 0 Å². The van der Waals surface area contributed by atoms with E-state index in [1.54, 1.807) is 20.2 Å². The van der Waals surface area contributed by atoms with Gasteiger partial charge in [-0.3, -0.25) is 0 Å². The molecule has 0 radical (unpaired) electrons. The summed E-state index contributed by atoms with van der Waals surface area (Å²) < 4.78 is 10.6. The smallest absolute Gasteiger partial charge is 0.232 e. The minimum Gasteiger partial charge on any atom is -0.480 e. The first kappa shape index (κ1) is 11.8. The monoisotopic (exact) mass is 299 g/mol. The molecule has 2 heterocycles. The van der Waals surface area contributed by atoms with Crippen molar-refractivity contribution in [1.82, 2.24) is 20.1 Å². The highest BCUT2D eigenvalue weighted by Gasteiger charge is 2.06. The summed E-state index contributed by atoms with van der Waals surface area (Å²) in [5, 5.41) is 6.71. The van der Waals surface area contributed by atoms with Crippen LogP contribution in [0.1, 0.15) is 11.7 Å². The fraction of sp³-hybridized carbons (Fsp3) is 0.333. The summed E-state index contributed by atoms with van der Waals surface area (Å²) in [6, 6.07) is 0. The molecule has 0 aliphatic carbocycles. The second-order valence-electron chi connectivity index (χ2n) is 3.13. The van der Waals surface area contributed by atoms with Gasteiger partial charge in [-0.15, -0.1) is 0 Å². The topological polar surface area (TPSA) is 86.0 Å². The average molecular weight is 300 g/mol. The molecule has 0 unspecified atom stereocenters. The number of aromatic nitrogens is 4. The number of hydrogen-bond acceptors (Lipinski definition) is 7. The van der Waals surface area contributed by atoms with E-state index in [9.17, 15) is 0 Å². The van der Waals surface area contributed by atoms with Crippen molar-refractivity contribution in [2.45, 2.75) is 13.5 Å². The molecule has 0 aliphatic rings. The van der Waals surface area contributed by atoms with Crippen molar-refractivity contribution in [3.05, 3.63) is 22.4 Å². The van der Waals surface area contributed by atoms with Crippen molar-refractivity contribution in [2.24, 2.45) is 0 Å². The van der Waals surface area contributed by atoms with Gasteiger partial charge in [0.1, 0.15) is 0 Å². The van der Waals surface area contributed by atoms with Crippen molar-refractivity contribution < 1.29 is 9.26 Å². The van der Waals surface area contributed by atoms with Crippen LogP contribution in [0.15, 0.2) is 15.2 Å². The number of ether oxygens (including phenoxy) is 1. The van der Waals surface area contributed by atoms with E-state index in [0.717, 1.165) is 0 Å². The maximum Gasteiger partial charge on any atom is 0.232 e. The first-order valence-electron chi connectivity index (χ1n) is 4.78. The molecule has 90 valence electrons. The van der Waals surface area contributed by atoms with Crippen LogP contribution in [0, 0.1) is 6.92 Å². The van der Waals surface area contributed by atoms with Gasteiger partial charge in [-0.2, -0.15) is 9.97 Å². The maximum atomic E-state index is 5.05. The number of hydrogen-bond donors (Lipinski definition) is 1. The lowest BCUT2D eigenvalue weighted by Gasteiger charge is -2.05. The van der Waals surface area contributed by atoms with E-state index < -0.39 is 0 Å². The van der Waals surface area contributed by atoms with Gasteiger partial charge >= 0.3 is 0 Å². The third kappa shape index (κ3) is 2.90. The van der Waals surface area contributed by atoms with Gasteiger partial charge in [-0.05, 0) is 15.9 Å². The Labute approximate surface area is 106 Å². The van der Waals surface area contributed by atoms with Crippen molar-refractivity contribution in [1.29, 1.82) is 0 Å². The number of nitrogens with one attached hydrogen (secondary N) is 1. The van der Waals surface area contributed by atoms with Crippen LogP contribution in [0.3, 0.4) is 0 Å². The molecule has 2 aromatic rings. The van der Waals surface area contributed by atoms with E-state index in [1.807, 2.05) is 0 Å². The summed E-state index contributed by atoms with van der Waals surface area (Å²) in [6.45, 7) is 2.12. The van der Waals surface area contributed by atoms with Crippen molar-refractivity contribution in [2.75, 3.05) is 12.4 Å². The first-order valence-corrected chi connectivity index (χ1v) is 5.58. The van der Waals surface area contributed by atoms with Gasteiger partial charge in [-0.1, -0.05) is 5.16 Å². The predicted octanol–water partition coefficient (Wildman–Crippen LogP) is 1.55. The Balaban J connectivity index is 2.04. The van der Waals surface area contributed by atoms with Crippen LogP contribution < -0.4 is 10.1 Å². The lowest BCUT2D eigenvalue weighted by Crippen LogP contribution is -2.05. The summed E-state index contributed by atoms with van der Waals surface area (Å²) >= 11 is 3.27. The lowest BCUT2D eigenvalue weighted by molar-refractivity contribution is 0.388. The van der Waals surface area contributed by atoms with Crippen LogP contribution in [0.5, 0.6) is 5.88 Å². The molecule has 0 aromatic carbocycles. The molecule has 1 N–H and O–H groups in total. The fourth-order valence-electron chi connectivity index (χ4n) is 1.15. The number of halogens is 1. The zero-order valence-electron chi connectivity index (χ0n) is 9.27. The normalized spacial score (nSPS) is 10.3. The van der Waals surface area contributed by atoms with Gasteiger partial charge < -0.3 is 14.6 Å². The van der Waals surface area contributed by atoms with Crippen LogP contribution >= 0.6 is 15.9 Å². The maximum absolute atomic E-state index is 5.05. The Morgan fingerprint density at radius 2 is 2.29 bits per heavy atom. The molecular weight excluding hydrogens is 290 g/mol. The molecule has 0 spiro atoms. The molecule has 2 rings (SSSR count). The van der Waals surface area contributed by atoms with Crippen LogP contribution in [0.4, 0.5) is 5.95 Å². The zero-order chi connectivity index (χ0) is 12.3. The van der Waals surface area contributed by atoms with E-state index in [4.69, 9.17) is 9.26 Å². The third-order valence-corrected chi connectivity index (χ3v) is 2.42. The molecule has 17 heavy (non-hydrogen) atoms. The van der Waals surface area contributed by atoms with Crippen LogP contribution in [0.25, 0.3) is 0 Å². The van der Waals surface area contributed by atoms with Crippen LogP contribution in [-0.4, -0.2) is 27.2 Å². The molecule has 0 saturated carbocycles. The predicted molar refractivity (Wildman–Crippen MR) is 62.6 cm³/mol. The van der Waals surface area contributed by atoms with Crippen LogP contribution in [0.2, 0.25) is 0 Å². The fourth-order valence-corrected chi connectivity index (χ4v) is 1.50. The summed E-state index contributed by atoms with van der Waals surface area (Å²) in [6.07, 6.45) is 1.61. The molecule has 0 aliphatic heterocycles. The van der Waals surface area contributed by atoms with Crippen molar-refractivity contribution >= 4 is 21.9 Å². The Hall–Kier alpha value is -1.70. The molecule has 0 bridgehead atoms. The molecule has 0 fully saturated rings. The number of aryl methyl sites for hydroxylation is 1. The largest absolute Gasteiger partial charge is 0.480 e. The quantitative estimate of drug-likeness (QED) is 0.916. The second kappa shape index (κ2) is 5.09. The minimum atomic E-state index is 0.391. The Morgan fingerprint density at radius 3 is 2.94 bits per heavy atom. The van der Waals surface area contributed by atoms with Gasteiger partial charge in [0.05, 0.1) is 24.3 Å². The van der Waals surface area contributed by atoms with Gasteiger partial charge in [0.25, 0.3) is 0 Å². The number of anilines is 1. The molecule has 0 amide bonds. The minimum absolute atomic E-state index is 0.391. The zero-order valence-corrected chi connectivity index (χ0v) is 10.9. The number of rotatable bonds is 4. The first-order chi connectivity index (χ1) is 8.19. The van der Waals surface area contributed by atoms with Gasteiger partial charge in [0, 0.05) is 6.92 Å². The summed E-state index contributed by atoms with van der Waals surface area (Å²) in [4.78, 5) is 12.3. The summed E-state index contributed by atoms with van der Waals surface area (Å²) in [7, 11) is 1.54. The van der Waals surface area contributed by atoms with Crippen molar-refractivity contribution in [3.8, 4) is 5.88 Å². The van der Waals surface area contributed by atoms with E-state index in [0.29, 0.717) is 34.6 Å². The van der Waals surface area contributed by atoms with E-state index in [2.05, 4.69) is 41.4 Å². The van der Waals surface area contributed by atoms with E-state index in [1.165, 1.54) is 0 Å². The molecule has 0 saturated heterocycles. The van der Waals surface area contributed by atoms with E-state index >= 15 is 0 Å². The SMILES string of the molecule is COc1nc(NCc2noc(C)n2)ncc1Br. The molecule has 8 heteroatoms. The highest BCUT2D eigenvalue weighted by atomic mass is 79.9. The van der Waals surface area contributed by atoms with E-state index in [-0.39, 0.29) is 0 Å². The standard InChI is InChI=1S/C9H10BrN5O2/c1-5-13-7(15-17-5)4-12-9-11-3-6(10)8(14-9)16-2/h3H,4H2,1-2H3,(H,11,12,14). The van der Waals surface area contributed by atoms with Gasteiger partial charge in [-0.25, -0.2) is 4.98 Å². The molecule has 7 nitrogen and oxygen atoms in total. The summed E-state index contributed by atoms with van der Waals surface area (Å²) in [5.74, 6) is 1.98. The Morgan fingerprint density at radius 1 is 1.47 bits per heavy atom. The third-order valence-electron chi connectivity index (χ3n) is 1.88. The highest BCUT2D eigenvalue weighted by Crippen LogP contribution is 2.21. The Bertz CT molecular complexity index is 516.